The molecule has 1 aliphatic rings. The molecule has 1 aliphatic carbocycles. The van der Waals surface area contributed by atoms with Gasteiger partial charge >= 0.3 is 18.0 Å². The number of carbonyl (C=O) groups excluding carboxylic acids is 2. The second-order valence-corrected chi connectivity index (χ2v) is 9.46. The van der Waals surface area contributed by atoms with Crippen LogP contribution in [0.3, 0.4) is 0 Å². The van der Waals surface area contributed by atoms with E-state index in [1.807, 2.05) is 0 Å². The van der Waals surface area contributed by atoms with Crippen LogP contribution in [0.4, 0.5) is 36.4 Å². The number of alkyl halides is 7. The molecule has 0 spiro atoms. The minimum atomic E-state index is -6.28. The fraction of sp³-hybridized carbons (Fsp3) is 0.269. The maximum Gasteiger partial charge on any atom is 0.435 e. The van der Waals surface area contributed by atoms with Gasteiger partial charge in [-0.25, -0.2) is 4.39 Å². The molecule has 206 valence electrons. The van der Waals surface area contributed by atoms with Crippen molar-refractivity contribution >= 4 is 29.1 Å². The number of hydrogen-bond acceptors (Lipinski definition) is 3. The predicted molar refractivity (Wildman–Crippen MR) is 128 cm³/mol. The first-order valence-corrected chi connectivity index (χ1v) is 11.8. The van der Waals surface area contributed by atoms with E-state index in [2.05, 4.69) is 15.6 Å². The van der Waals surface area contributed by atoms with Crippen LogP contribution >= 0.6 is 11.6 Å². The Morgan fingerprint density at radius 2 is 1.56 bits per heavy atom. The number of benzene rings is 2. The van der Waals surface area contributed by atoms with Crippen LogP contribution < -0.4 is 10.6 Å². The molecule has 1 saturated carbocycles. The van der Waals surface area contributed by atoms with Crippen molar-refractivity contribution in [3.05, 3.63) is 93.8 Å². The summed E-state index contributed by atoms with van der Waals surface area (Å²) in [5.41, 5.74) is -8.30. The maximum absolute atomic E-state index is 14.4. The van der Waals surface area contributed by atoms with Crippen LogP contribution in [0.2, 0.25) is 5.02 Å². The second-order valence-electron chi connectivity index (χ2n) is 9.05. The smallest absolute Gasteiger partial charge is 0.341 e. The molecular weight excluding hydrogens is 555 g/mol. The van der Waals surface area contributed by atoms with E-state index in [0.717, 1.165) is 13.0 Å². The van der Waals surface area contributed by atoms with Crippen molar-refractivity contribution in [1.82, 2.24) is 10.3 Å². The highest BCUT2D eigenvalue weighted by atomic mass is 35.5. The number of amides is 2. The number of nitrogens with one attached hydrogen (secondary N) is 2. The third-order valence-corrected chi connectivity index (χ3v) is 6.71. The molecule has 2 amide bonds. The average molecular weight is 574 g/mol. The Bertz CT molecular complexity index is 1410. The van der Waals surface area contributed by atoms with Crippen LogP contribution in [0.15, 0.2) is 60.8 Å². The normalized spacial score (nSPS) is 15.0. The maximum atomic E-state index is 14.4. The van der Waals surface area contributed by atoms with Crippen molar-refractivity contribution in [2.45, 2.75) is 43.3 Å². The number of pyridine rings is 1. The molecule has 0 atom stereocenters. The van der Waals surface area contributed by atoms with Crippen LogP contribution in [0.5, 0.6) is 0 Å². The first-order valence-electron chi connectivity index (χ1n) is 11.4. The van der Waals surface area contributed by atoms with E-state index in [1.54, 1.807) is 24.4 Å². The van der Waals surface area contributed by atoms with Crippen molar-refractivity contribution in [2.75, 3.05) is 5.32 Å². The van der Waals surface area contributed by atoms with Gasteiger partial charge in [-0.2, -0.15) is 26.3 Å². The zero-order valence-electron chi connectivity index (χ0n) is 20.0. The van der Waals surface area contributed by atoms with Crippen LogP contribution in [0.25, 0.3) is 0 Å². The highest BCUT2D eigenvalue weighted by Crippen LogP contribution is 2.53. The molecule has 4 rings (SSSR count). The summed E-state index contributed by atoms with van der Waals surface area (Å²) in [6.45, 7) is 1.10. The zero-order valence-corrected chi connectivity index (χ0v) is 20.7. The summed E-state index contributed by atoms with van der Waals surface area (Å²) < 4.78 is 93.1. The Morgan fingerprint density at radius 1 is 0.897 bits per heavy atom. The molecule has 0 aliphatic heterocycles. The quantitative estimate of drug-likeness (QED) is 0.312. The van der Waals surface area contributed by atoms with Crippen molar-refractivity contribution in [2.24, 2.45) is 0 Å². The molecular formula is C26H19ClF7N3O2. The van der Waals surface area contributed by atoms with E-state index >= 15 is 0 Å². The van der Waals surface area contributed by atoms with Gasteiger partial charge in [0.2, 0.25) is 0 Å². The third-order valence-electron chi connectivity index (χ3n) is 6.40. The lowest BCUT2D eigenvalue weighted by molar-refractivity contribution is -0.348. The Kier molecular flexibility index (Phi) is 7.13. The number of halogens is 8. The van der Waals surface area contributed by atoms with Gasteiger partial charge in [0.05, 0.1) is 27.4 Å². The summed E-state index contributed by atoms with van der Waals surface area (Å²) in [6.07, 6.45) is -9.79. The topological polar surface area (TPSA) is 71.1 Å². The fourth-order valence-electron chi connectivity index (χ4n) is 4.14. The van der Waals surface area contributed by atoms with E-state index < -0.39 is 40.9 Å². The molecule has 1 fully saturated rings. The fourth-order valence-corrected chi connectivity index (χ4v) is 4.40. The van der Waals surface area contributed by atoms with Crippen LogP contribution in [0.1, 0.15) is 50.4 Å². The number of aromatic nitrogens is 1. The predicted octanol–water partition coefficient (Wildman–Crippen LogP) is 7.00. The summed E-state index contributed by atoms with van der Waals surface area (Å²) in [4.78, 5) is 30.6. The summed E-state index contributed by atoms with van der Waals surface area (Å²) in [6, 6.07) is 10.6. The number of hydrogen-bond donors (Lipinski definition) is 2. The SMILES string of the molecule is Cc1cc(C(F)(C(F)(F)F)C(F)(F)F)ccc1NC(=O)c1cccc(Cl)c1C(=O)NC1(c2ccccn2)CC1. The lowest BCUT2D eigenvalue weighted by Crippen LogP contribution is -2.50. The number of aryl methyl sites for hydroxylation is 1. The summed E-state index contributed by atoms with van der Waals surface area (Å²) in [5.74, 6) is -1.60. The van der Waals surface area contributed by atoms with Crippen LogP contribution in [0, 0.1) is 6.92 Å². The van der Waals surface area contributed by atoms with Gasteiger partial charge in [-0.1, -0.05) is 35.9 Å². The Balaban J connectivity index is 1.62. The number of nitrogens with zero attached hydrogens (tertiary/aromatic N) is 1. The van der Waals surface area contributed by atoms with Crippen molar-refractivity contribution in [3.63, 3.8) is 0 Å². The Morgan fingerprint density at radius 3 is 2.10 bits per heavy atom. The summed E-state index contributed by atoms with van der Waals surface area (Å²) >= 11 is 6.24. The van der Waals surface area contributed by atoms with Gasteiger partial charge in [-0.05, 0) is 55.7 Å². The van der Waals surface area contributed by atoms with Gasteiger partial charge in [0.1, 0.15) is 0 Å². The number of carbonyl (C=O) groups is 2. The molecule has 1 aromatic heterocycles. The molecule has 2 N–H and O–H groups in total. The molecule has 0 radical (unpaired) electrons. The molecule has 1 heterocycles. The lowest BCUT2D eigenvalue weighted by atomic mass is 9.92. The summed E-state index contributed by atoms with van der Waals surface area (Å²) in [7, 11) is 0. The van der Waals surface area contributed by atoms with E-state index in [9.17, 15) is 40.3 Å². The van der Waals surface area contributed by atoms with Crippen LogP contribution in [-0.4, -0.2) is 29.2 Å². The lowest BCUT2D eigenvalue weighted by Gasteiger charge is -2.30. The second kappa shape index (κ2) is 9.82. The molecule has 0 saturated heterocycles. The molecule has 0 unspecified atom stereocenters. The van der Waals surface area contributed by atoms with Gasteiger partial charge in [0, 0.05) is 17.4 Å². The molecule has 5 nitrogen and oxygen atoms in total. The van der Waals surface area contributed by atoms with Crippen molar-refractivity contribution < 1.29 is 40.3 Å². The van der Waals surface area contributed by atoms with Crippen molar-refractivity contribution in [3.8, 4) is 0 Å². The number of anilines is 1. The highest BCUT2D eigenvalue weighted by molar-refractivity contribution is 6.35. The van der Waals surface area contributed by atoms with Gasteiger partial charge < -0.3 is 10.6 Å². The van der Waals surface area contributed by atoms with E-state index in [4.69, 9.17) is 11.6 Å². The van der Waals surface area contributed by atoms with Crippen molar-refractivity contribution in [1.29, 1.82) is 0 Å². The van der Waals surface area contributed by atoms with Gasteiger partial charge in [0.25, 0.3) is 11.8 Å². The van der Waals surface area contributed by atoms with E-state index in [-0.39, 0.29) is 27.4 Å². The molecule has 0 bridgehead atoms. The van der Waals surface area contributed by atoms with Gasteiger partial charge in [-0.3, -0.25) is 14.6 Å². The van der Waals surface area contributed by atoms with Gasteiger partial charge in [-0.15, -0.1) is 0 Å². The Hall–Kier alpha value is -3.67. The van der Waals surface area contributed by atoms with Gasteiger partial charge in [0.15, 0.2) is 0 Å². The number of rotatable bonds is 6. The third kappa shape index (κ3) is 5.17. The molecule has 2 aromatic carbocycles. The van der Waals surface area contributed by atoms with E-state index in [0.29, 0.717) is 30.7 Å². The first-order chi connectivity index (χ1) is 18.1. The van der Waals surface area contributed by atoms with Crippen LogP contribution in [-0.2, 0) is 11.2 Å². The molecule has 3 aromatic rings. The first kappa shape index (κ1) is 28.3. The minimum Gasteiger partial charge on any atom is -0.341 e. The summed E-state index contributed by atoms with van der Waals surface area (Å²) in [5, 5.41) is 5.12. The highest BCUT2D eigenvalue weighted by Gasteiger charge is 2.73. The zero-order chi connectivity index (χ0) is 28.8. The van der Waals surface area contributed by atoms with E-state index in [1.165, 1.54) is 18.2 Å². The molecule has 13 heteroatoms. The largest absolute Gasteiger partial charge is 0.435 e. The minimum absolute atomic E-state index is 0.0680. The Labute approximate surface area is 222 Å². The monoisotopic (exact) mass is 573 g/mol. The molecule has 39 heavy (non-hydrogen) atoms. The average Bonchev–Trinajstić information content (AvgIpc) is 3.64. The standard InChI is InChI=1S/C26H19ClF7N3O2/c1-14-13-15(24(28,25(29,30)31)26(32,33)34)8-9-18(14)36-21(38)16-5-4-6-17(27)20(16)22(39)37-23(10-11-23)19-7-2-3-12-35-19/h2-9,12-13H,10-11H2,1H3,(H,36,38)(H,37,39).